The van der Waals surface area contributed by atoms with Crippen LogP contribution >= 0.6 is 0 Å². The van der Waals surface area contributed by atoms with Crippen LogP contribution in [0.5, 0.6) is 0 Å². The molecule has 2 aromatic rings. The fourth-order valence-corrected chi connectivity index (χ4v) is 1.67. The van der Waals surface area contributed by atoms with Gasteiger partial charge in [0.2, 0.25) is 0 Å². The predicted molar refractivity (Wildman–Crippen MR) is 71.5 cm³/mol. The first-order chi connectivity index (χ1) is 10.1. The van der Waals surface area contributed by atoms with E-state index in [0.717, 1.165) is 0 Å². The molecule has 0 fully saturated rings. The van der Waals surface area contributed by atoms with Gasteiger partial charge in [0.25, 0.3) is 0 Å². The summed E-state index contributed by atoms with van der Waals surface area (Å²) in [5.74, 6) is -0.376. The minimum atomic E-state index is -1.06. The predicted octanol–water partition coefficient (Wildman–Crippen LogP) is 1.08. The minimum absolute atomic E-state index is 0.0909. The van der Waals surface area contributed by atoms with E-state index < -0.39 is 12.0 Å². The molecule has 0 aliphatic rings. The fraction of sp³-hybridized carbons (Fsp3) is 0.231. The van der Waals surface area contributed by atoms with Crippen LogP contribution in [0, 0.1) is 6.92 Å². The van der Waals surface area contributed by atoms with E-state index in [1.54, 1.807) is 19.2 Å². The van der Waals surface area contributed by atoms with Gasteiger partial charge in [0.05, 0.1) is 18.8 Å². The van der Waals surface area contributed by atoms with Crippen molar-refractivity contribution in [3.05, 3.63) is 47.4 Å². The highest BCUT2D eigenvalue weighted by atomic mass is 16.4. The van der Waals surface area contributed by atoms with Crippen LogP contribution in [0.15, 0.2) is 29.1 Å². The molecular formula is C13H14N4O4. The Balaban J connectivity index is 1.81. The second-order valence-electron chi connectivity index (χ2n) is 4.22. The van der Waals surface area contributed by atoms with Crippen LogP contribution < -0.4 is 10.6 Å². The molecule has 0 bridgehead atoms. The average molecular weight is 290 g/mol. The SMILES string of the molecule is Cc1oc(CNC(=O)NCc2ccncn2)cc1C(=O)O. The van der Waals surface area contributed by atoms with Crippen molar-refractivity contribution in [2.75, 3.05) is 0 Å². The quantitative estimate of drug-likeness (QED) is 0.758. The van der Waals surface area contributed by atoms with Gasteiger partial charge in [-0.25, -0.2) is 19.6 Å². The molecule has 0 aliphatic carbocycles. The van der Waals surface area contributed by atoms with E-state index in [0.29, 0.717) is 17.2 Å². The number of carbonyl (C=O) groups excluding carboxylic acids is 1. The van der Waals surface area contributed by atoms with Crippen LogP contribution in [0.25, 0.3) is 0 Å². The number of furan rings is 1. The first-order valence-corrected chi connectivity index (χ1v) is 6.15. The summed E-state index contributed by atoms with van der Waals surface area (Å²) in [4.78, 5) is 30.2. The highest BCUT2D eigenvalue weighted by Gasteiger charge is 2.13. The maximum Gasteiger partial charge on any atom is 0.339 e. The van der Waals surface area contributed by atoms with Crippen molar-refractivity contribution < 1.29 is 19.1 Å². The highest BCUT2D eigenvalue weighted by Crippen LogP contribution is 2.14. The third-order valence-corrected chi connectivity index (χ3v) is 2.70. The van der Waals surface area contributed by atoms with Gasteiger partial charge in [0.15, 0.2) is 0 Å². The Morgan fingerprint density at radius 2 is 2.10 bits per heavy atom. The molecule has 2 amide bonds. The summed E-state index contributed by atoms with van der Waals surface area (Å²) < 4.78 is 5.25. The molecule has 0 unspecified atom stereocenters. The van der Waals surface area contributed by atoms with Gasteiger partial charge in [-0.3, -0.25) is 0 Å². The van der Waals surface area contributed by atoms with E-state index in [2.05, 4.69) is 20.6 Å². The molecule has 0 aliphatic heterocycles. The number of hydrogen-bond donors (Lipinski definition) is 3. The van der Waals surface area contributed by atoms with Gasteiger partial charge in [-0.1, -0.05) is 0 Å². The van der Waals surface area contributed by atoms with E-state index >= 15 is 0 Å². The number of carbonyl (C=O) groups is 2. The minimum Gasteiger partial charge on any atom is -0.478 e. The first-order valence-electron chi connectivity index (χ1n) is 6.15. The normalized spacial score (nSPS) is 10.1. The van der Waals surface area contributed by atoms with Crippen LogP contribution in [0.1, 0.15) is 27.6 Å². The number of carboxylic acid groups (broad SMARTS) is 1. The zero-order valence-electron chi connectivity index (χ0n) is 11.3. The van der Waals surface area contributed by atoms with Crippen molar-refractivity contribution in [2.45, 2.75) is 20.0 Å². The van der Waals surface area contributed by atoms with E-state index in [-0.39, 0.29) is 18.7 Å². The van der Waals surface area contributed by atoms with Crippen LogP contribution in [-0.2, 0) is 13.1 Å². The number of urea groups is 1. The third kappa shape index (κ3) is 4.03. The number of aromatic nitrogens is 2. The number of carboxylic acids is 1. The Morgan fingerprint density at radius 3 is 2.71 bits per heavy atom. The third-order valence-electron chi connectivity index (χ3n) is 2.70. The molecule has 2 rings (SSSR count). The van der Waals surface area contributed by atoms with Crippen LogP contribution in [-0.4, -0.2) is 27.1 Å². The molecule has 2 heterocycles. The van der Waals surface area contributed by atoms with Gasteiger partial charge in [0, 0.05) is 6.20 Å². The Hall–Kier alpha value is -2.90. The van der Waals surface area contributed by atoms with E-state index in [4.69, 9.17) is 9.52 Å². The molecule has 0 atom stereocenters. The molecule has 3 N–H and O–H groups in total. The number of amides is 2. The summed E-state index contributed by atoms with van der Waals surface area (Å²) in [6.45, 7) is 1.93. The molecule has 0 saturated carbocycles. The molecule has 8 nitrogen and oxygen atoms in total. The lowest BCUT2D eigenvalue weighted by molar-refractivity contribution is 0.0695. The second kappa shape index (κ2) is 6.51. The zero-order chi connectivity index (χ0) is 15.2. The first kappa shape index (κ1) is 14.5. The van der Waals surface area contributed by atoms with Gasteiger partial charge in [-0.2, -0.15) is 0 Å². The molecule has 8 heteroatoms. The smallest absolute Gasteiger partial charge is 0.339 e. The summed E-state index contributed by atoms with van der Waals surface area (Å²) in [7, 11) is 0. The zero-order valence-corrected chi connectivity index (χ0v) is 11.3. The van der Waals surface area contributed by atoms with Crippen LogP contribution in [0.4, 0.5) is 4.79 Å². The van der Waals surface area contributed by atoms with E-state index in [1.807, 2.05) is 0 Å². The molecule has 2 aromatic heterocycles. The number of aryl methyl sites for hydroxylation is 1. The number of aromatic carboxylic acids is 1. The standard InChI is InChI=1S/C13H14N4O4/c1-8-11(12(18)19)4-10(21-8)6-16-13(20)15-5-9-2-3-14-7-17-9/h2-4,7H,5-6H2,1H3,(H,18,19)(H2,15,16,20). The summed E-state index contributed by atoms with van der Waals surface area (Å²) in [6, 6.07) is 2.68. The van der Waals surface area contributed by atoms with Crippen molar-refractivity contribution in [3.8, 4) is 0 Å². The van der Waals surface area contributed by atoms with Crippen LogP contribution in [0.3, 0.4) is 0 Å². The topological polar surface area (TPSA) is 117 Å². The van der Waals surface area contributed by atoms with Crippen molar-refractivity contribution >= 4 is 12.0 Å². The lowest BCUT2D eigenvalue weighted by Crippen LogP contribution is -2.34. The van der Waals surface area contributed by atoms with Gasteiger partial charge >= 0.3 is 12.0 Å². The number of hydrogen-bond acceptors (Lipinski definition) is 5. The van der Waals surface area contributed by atoms with Crippen molar-refractivity contribution in [3.63, 3.8) is 0 Å². The molecule has 0 aromatic carbocycles. The Labute approximate surface area is 120 Å². The maximum atomic E-state index is 11.6. The summed E-state index contributed by atoms with van der Waals surface area (Å²) in [5, 5.41) is 14.1. The maximum absolute atomic E-state index is 11.6. The average Bonchev–Trinajstić information content (AvgIpc) is 2.85. The number of rotatable bonds is 5. The van der Waals surface area contributed by atoms with Gasteiger partial charge in [-0.05, 0) is 19.1 Å². The largest absolute Gasteiger partial charge is 0.478 e. The Morgan fingerprint density at radius 1 is 1.33 bits per heavy atom. The van der Waals surface area contributed by atoms with E-state index in [9.17, 15) is 9.59 Å². The Kier molecular flexibility index (Phi) is 4.50. The molecule has 0 saturated heterocycles. The molecule has 110 valence electrons. The molecule has 21 heavy (non-hydrogen) atoms. The lowest BCUT2D eigenvalue weighted by atomic mass is 10.2. The monoisotopic (exact) mass is 290 g/mol. The fourth-order valence-electron chi connectivity index (χ4n) is 1.67. The highest BCUT2D eigenvalue weighted by molar-refractivity contribution is 5.88. The van der Waals surface area contributed by atoms with Crippen molar-refractivity contribution in [1.82, 2.24) is 20.6 Å². The summed E-state index contributed by atoms with van der Waals surface area (Å²) in [5.41, 5.74) is 0.773. The van der Waals surface area contributed by atoms with Crippen LogP contribution in [0.2, 0.25) is 0 Å². The second-order valence-corrected chi connectivity index (χ2v) is 4.22. The van der Waals surface area contributed by atoms with Crippen molar-refractivity contribution in [1.29, 1.82) is 0 Å². The number of nitrogens with one attached hydrogen (secondary N) is 2. The van der Waals surface area contributed by atoms with Gasteiger partial charge < -0.3 is 20.2 Å². The summed E-state index contributed by atoms with van der Waals surface area (Å²) >= 11 is 0. The molecule has 0 spiro atoms. The number of nitrogens with zero attached hydrogens (tertiary/aromatic N) is 2. The van der Waals surface area contributed by atoms with Gasteiger partial charge in [0.1, 0.15) is 23.4 Å². The lowest BCUT2D eigenvalue weighted by Gasteiger charge is -2.05. The molecule has 0 radical (unpaired) electrons. The molecular weight excluding hydrogens is 276 g/mol. The van der Waals surface area contributed by atoms with Crippen molar-refractivity contribution in [2.24, 2.45) is 0 Å². The summed E-state index contributed by atoms with van der Waals surface area (Å²) in [6.07, 6.45) is 2.98. The van der Waals surface area contributed by atoms with Gasteiger partial charge in [-0.15, -0.1) is 0 Å². The van der Waals surface area contributed by atoms with E-state index in [1.165, 1.54) is 12.4 Å². The Bertz CT molecular complexity index is 639.